The lowest BCUT2D eigenvalue weighted by molar-refractivity contribution is -0.129. The maximum absolute atomic E-state index is 12.1. The lowest BCUT2D eigenvalue weighted by Gasteiger charge is -2.37. The maximum atomic E-state index is 12.1. The molecule has 120 valence electrons. The summed E-state index contributed by atoms with van der Waals surface area (Å²) in [4.78, 5) is 18.8. The number of halogens is 1. The summed E-state index contributed by atoms with van der Waals surface area (Å²) < 4.78 is 0.906. The minimum Gasteiger partial charge on any atom is -0.399 e. The van der Waals surface area contributed by atoms with E-state index in [4.69, 9.17) is 11.1 Å². The molecular formula is C15H16BrN5OS. The van der Waals surface area contributed by atoms with Crippen LogP contribution in [0.4, 0.5) is 5.69 Å². The Morgan fingerprint density at radius 3 is 2.87 bits per heavy atom. The largest absolute Gasteiger partial charge is 0.399 e. The van der Waals surface area contributed by atoms with E-state index in [0.29, 0.717) is 5.69 Å². The van der Waals surface area contributed by atoms with Gasteiger partial charge < -0.3 is 11.1 Å². The summed E-state index contributed by atoms with van der Waals surface area (Å²) in [7, 11) is 1.59. The first kappa shape index (κ1) is 15.9. The Labute approximate surface area is 146 Å². The van der Waals surface area contributed by atoms with Crippen LogP contribution < -0.4 is 11.1 Å². The van der Waals surface area contributed by atoms with E-state index in [1.54, 1.807) is 13.2 Å². The first-order valence-electron chi connectivity index (χ1n) is 6.94. The Kier molecular flexibility index (Phi) is 3.89. The summed E-state index contributed by atoms with van der Waals surface area (Å²) in [5, 5.41) is 11.8. The van der Waals surface area contributed by atoms with Crippen molar-refractivity contribution in [3.05, 3.63) is 33.9 Å². The summed E-state index contributed by atoms with van der Waals surface area (Å²) in [6.45, 7) is 1.89. The highest BCUT2D eigenvalue weighted by Gasteiger charge is 2.40. The van der Waals surface area contributed by atoms with Crippen molar-refractivity contribution >= 4 is 44.8 Å². The van der Waals surface area contributed by atoms with Crippen LogP contribution in [0, 0.1) is 5.41 Å². The van der Waals surface area contributed by atoms with E-state index in [2.05, 4.69) is 26.2 Å². The number of nitrogens with two attached hydrogens (primary N) is 1. The van der Waals surface area contributed by atoms with Crippen molar-refractivity contribution in [2.24, 2.45) is 0 Å². The normalized spacial score (nSPS) is 21.4. The number of anilines is 1. The highest BCUT2D eigenvalue weighted by atomic mass is 79.9. The molecule has 4 N–H and O–H groups in total. The van der Waals surface area contributed by atoms with Gasteiger partial charge in [-0.05, 0) is 30.7 Å². The SMILES string of the molecule is CN1C(=N)N[C@](C)(c2ncc(-c3cc(N)cc(Br)c3)s2)CC1=O. The molecule has 1 aliphatic heterocycles. The van der Waals surface area contributed by atoms with E-state index < -0.39 is 5.54 Å². The number of nitrogen functional groups attached to an aromatic ring is 1. The smallest absolute Gasteiger partial charge is 0.231 e. The Bertz CT molecular complexity index is 765. The number of hydrogen-bond donors (Lipinski definition) is 3. The first-order chi connectivity index (χ1) is 10.8. The quantitative estimate of drug-likeness (QED) is 0.683. The molecule has 2 aromatic rings. The number of nitrogens with zero attached hydrogens (tertiary/aromatic N) is 2. The molecule has 1 atom stereocenters. The van der Waals surface area contributed by atoms with Crippen LogP contribution in [0.3, 0.4) is 0 Å². The minimum atomic E-state index is -0.666. The summed E-state index contributed by atoms with van der Waals surface area (Å²) in [6.07, 6.45) is 2.04. The van der Waals surface area contributed by atoms with Crippen LogP contribution in [0.2, 0.25) is 0 Å². The summed E-state index contributed by atoms with van der Waals surface area (Å²) in [5.41, 5.74) is 6.86. The lowest BCUT2D eigenvalue weighted by Crippen LogP contribution is -2.58. The number of carbonyl (C=O) groups excluding carboxylic acids is 1. The molecule has 0 bridgehead atoms. The second-order valence-corrected chi connectivity index (χ2v) is 7.68. The molecule has 8 heteroatoms. The van der Waals surface area contributed by atoms with Gasteiger partial charge in [-0.1, -0.05) is 15.9 Å². The second-order valence-electron chi connectivity index (χ2n) is 5.74. The molecule has 0 radical (unpaired) electrons. The third kappa shape index (κ3) is 2.96. The van der Waals surface area contributed by atoms with Gasteiger partial charge in [-0.2, -0.15) is 0 Å². The van der Waals surface area contributed by atoms with Gasteiger partial charge in [0.15, 0.2) is 5.96 Å². The number of aromatic nitrogens is 1. The number of thiazole rings is 1. The van der Waals surface area contributed by atoms with E-state index in [0.717, 1.165) is 19.9 Å². The first-order valence-corrected chi connectivity index (χ1v) is 8.55. The van der Waals surface area contributed by atoms with Crippen LogP contribution >= 0.6 is 27.3 Å². The van der Waals surface area contributed by atoms with Gasteiger partial charge in [0.1, 0.15) is 5.01 Å². The fourth-order valence-corrected chi connectivity index (χ4v) is 4.00. The number of hydrogen-bond acceptors (Lipinski definition) is 5. The van der Waals surface area contributed by atoms with Crippen molar-refractivity contribution in [2.45, 2.75) is 18.9 Å². The topological polar surface area (TPSA) is 95.1 Å². The monoisotopic (exact) mass is 393 g/mol. The Hall–Kier alpha value is -1.93. The highest BCUT2D eigenvalue weighted by molar-refractivity contribution is 9.10. The van der Waals surface area contributed by atoms with Crippen molar-refractivity contribution < 1.29 is 4.79 Å². The number of carbonyl (C=O) groups is 1. The number of amides is 1. The number of rotatable bonds is 2. The van der Waals surface area contributed by atoms with Crippen LogP contribution in [0.15, 0.2) is 28.9 Å². The molecule has 1 aliphatic rings. The molecule has 0 spiro atoms. The van der Waals surface area contributed by atoms with Gasteiger partial charge in [0, 0.05) is 23.4 Å². The number of nitrogens with one attached hydrogen (secondary N) is 2. The van der Waals surface area contributed by atoms with Crippen molar-refractivity contribution in [1.29, 1.82) is 5.41 Å². The van der Waals surface area contributed by atoms with Gasteiger partial charge >= 0.3 is 0 Å². The Morgan fingerprint density at radius 1 is 1.48 bits per heavy atom. The maximum Gasteiger partial charge on any atom is 0.231 e. The van der Waals surface area contributed by atoms with Gasteiger partial charge in [0.05, 0.1) is 16.8 Å². The zero-order valence-corrected chi connectivity index (χ0v) is 15.1. The van der Waals surface area contributed by atoms with Crippen LogP contribution in [0.25, 0.3) is 10.4 Å². The van der Waals surface area contributed by atoms with Gasteiger partial charge in [-0.15, -0.1) is 11.3 Å². The predicted molar refractivity (Wildman–Crippen MR) is 95.3 cm³/mol. The summed E-state index contributed by atoms with van der Waals surface area (Å²) in [6, 6.07) is 5.70. The fourth-order valence-electron chi connectivity index (χ4n) is 2.48. The van der Waals surface area contributed by atoms with Gasteiger partial charge in [-0.3, -0.25) is 15.1 Å². The minimum absolute atomic E-state index is 0.0900. The Balaban J connectivity index is 1.95. The zero-order chi connectivity index (χ0) is 16.8. The summed E-state index contributed by atoms with van der Waals surface area (Å²) in [5.74, 6) is -0.00750. The molecule has 1 saturated heterocycles. The van der Waals surface area contributed by atoms with Crippen LogP contribution in [0.1, 0.15) is 18.4 Å². The summed E-state index contributed by atoms with van der Waals surface area (Å²) >= 11 is 4.94. The third-order valence-electron chi connectivity index (χ3n) is 3.79. The average Bonchev–Trinajstić information content (AvgIpc) is 2.94. The van der Waals surface area contributed by atoms with E-state index in [1.165, 1.54) is 16.2 Å². The van der Waals surface area contributed by atoms with E-state index in [9.17, 15) is 4.79 Å². The molecular weight excluding hydrogens is 378 g/mol. The van der Waals surface area contributed by atoms with Crippen molar-refractivity contribution in [2.75, 3.05) is 12.8 Å². The van der Waals surface area contributed by atoms with Crippen molar-refractivity contribution in [1.82, 2.24) is 15.2 Å². The van der Waals surface area contributed by atoms with Crippen molar-refractivity contribution in [3.63, 3.8) is 0 Å². The molecule has 1 aromatic carbocycles. The molecule has 1 fully saturated rings. The van der Waals surface area contributed by atoms with Gasteiger partial charge in [0.2, 0.25) is 5.91 Å². The molecule has 1 aromatic heterocycles. The molecule has 0 unspecified atom stereocenters. The molecule has 0 aliphatic carbocycles. The van der Waals surface area contributed by atoms with Crippen LogP contribution in [-0.2, 0) is 10.3 Å². The van der Waals surface area contributed by atoms with Gasteiger partial charge in [-0.25, -0.2) is 4.98 Å². The van der Waals surface area contributed by atoms with E-state index in [1.807, 2.05) is 25.1 Å². The molecule has 23 heavy (non-hydrogen) atoms. The van der Waals surface area contributed by atoms with Crippen molar-refractivity contribution in [3.8, 4) is 10.4 Å². The average molecular weight is 394 g/mol. The highest BCUT2D eigenvalue weighted by Crippen LogP contribution is 2.36. The van der Waals surface area contributed by atoms with E-state index >= 15 is 0 Å². The lowest BCUT2D eigenvalue weighted by atomic mass is 9.96. The Morgan fingerprint density at radius 2 is 2.22 bits per heavy atom. The fraction of sp³-hybridized carbons (Fsp3) is 0.267. The molecule has 0 saturated carbocycles. The number of benzene rings is 1. The predicted octanol–water partition coefficient (Wildman–Crippen LogP) is 2.76. The molecule has 3 rings (SSSR count). The van der Waals surface area contributed by atoms with Crippen LogP contribution in [0.5, 0.6) is 0 Å². The standard InChI is InChI=1S/C15H16BrN5OS/c1-15(6-12(22)21(2)14(18)20-15)13-19-7-11(23-13)8-3-9(16)5-10(17)4-8/h3-5,7H,6,17H2,1-2H3,(H2,18,20)/t15-/m0/s1. The number of guanidine groups is 1. The zero-order valence-electron chi connectivity index (χ0n) is 12.7. The molecule has 6 nitrogen and oxygen atoms in total. The van der Waals surface area contributed by atoms with E-state index in [-0.39, 0.29) is 18.3 Å². The molecule has 2 heterocycles. The molecule has 1 amide bonds. The van der Waals surface area contributed by atoms with Crippen LogP contribution in [-0.4, -0.2) is 28.8 Å². The third-order valence-corrected chi connectivity index (χ3v) is 5.56. The second kappa shape index (κ2) is 5.61. The van der Waals surface area contributed by atoms with Gasteiger partial charge in [0.25, 0.3) is 0 Å².